The van der Waals surface area contributed by atoms with Crippen LogP contribution in [-0.4, -0.2) is 17.6 Å². The smallest absolute Gasteiger partial charge is 0.183 e. The van der Waals surface area contributed by atoms with Crippen molar-refractivity contribution < 1.29 is 4.74 Å². The zero-order chi connectivity index (χ0) is 14.9. The minimum atomic E-state index is 0.0420. The van der Waals surface area contributed by atoms with Crippen LogP contribution in [0.25, 0.3) is 10.2 Å². The van der Waals surface area contributed by atoms with Crippen molar-refractivity contribution in [3.8, 4) is 5.75 Å². The van der Waals surface area contributed by atoms with Gasteiger partial charge in [0, 0.05) is 12.1 Å². The predicted molar refractivity (Wildman–Crippen MR) is 88.2 cm³/mol. The second-order valence-corrected chi connectivity index (χ2v) is 7.31. The second kappa shape index (κ2) is 5.60. The Kier molecular flexibility index (Phi) is 4.23. The van der Waals surface area contributed by atoms with E-state index < -0.39 is 0 Å². The average Bonchev–Trinajstić information content (AvgIpc) is 2.67. The molecule has 0 spiro atoms. The summed E-state index contributed by atoms with van der Waals surface area (Å²) in [6, 6.07) is 4.30. The summed E-state index contributed by atoms with van der Waals surface area (Å²) >= 11 is 1.68. The van der Waals surface area contributed by atoms with E-state index in [1.807, 2.05) is 0 Å². The van der Waals surface area contributed by atoms with Gasteiger partial charge in [-0.1, -0.05) is 32.1 Å². The van der Waals surface area contributed by atoms with Gasteiger partial charge in [0.15, 0.2) is 5.13 Å². The van der Waals surface area contributed by atoms with Gasteiger partial charge in [0.05, 0.1) is 16.3 Å². The normalized spacial score (nSPS) is 12.2. The van der Waals surface area contributed by atoms with Crippen molar-refractivity contribution in [2.45, 2.75) is 53.1 Å². The first kappa shape index (κ1) is 15.1. The molecular formula is C16H24N2OS. The summed E-state index contributed by atoms with van der Waals surface area (Å²) in [6.45, 7) is 13.7. The largest absolute Gasteiger partial charge is 0.491 e. The Morgan fingerprint density at radius 2 is 2.00 bits per heavy atom. The Morgan fingerprint density at radius 3 is 2.55 bits per heavy atom. The summed E-state index contributed by atoms with van der Waals surface area (Å²) in [5, 5.41) is 4.26. The van der Waals surface area contributed by atoms with Crippen LogP contribution in [-0.2, 0) is 5.41 Å². The average molecular weight is 292 g/mol. The minimum absolute atomic E-state index is 0.0420. The van der Waals surface area contributed by atoms with Crippen LogP contribution in [0.3, 0.4) is 0 Å². The molecule has 2 rings (SSSR count). The molecule has 0 saturated carbocycles. The molecule has 1 aromatic heterocycles. The van der Waals surface area contributed by atoms with Crippen LogP contribution < -0.4 is 10.1 Å². The van der Waals surface area contributed by atoms with E-state index in [2.05, 4.69) is 64.0 Å². The number of hydrogen-bond donors (Lipinski definition) is 1. The molecule has 0 bridgehead atoms. The van der Waals surface area contributed by atoms with Crippen LogP contribution >= 0.6 is 11.3 Å². The van der Waals surface area contributed by atoms with Crippen LogP contribution in [0, 0.1) is 0 Å². The Morgan fingerprint density at radius 1 is 1.30 bits per heavy atom. The molecule has 2 aromatic rings. The van der Waals surface area contributed by atoms with Gasteiger partial charge in [0.1, 0.15) is 5.75 Å². The SMILES string of the molecule is CCNc1nc2cc(C(C)(C)C)c(OC(C)C)cc2s1. The van der Waals surface area contributed by atoms with E-state index in [4.69, 9.17) is 4.74 Å². The molecule has 1 heterocycles. The number of ether oxygens (including phenoxy) is 1. The molecule has 20 heavy (non-hydrogen) atoms. The number of aromatic nitrogens is 1. The van der Waals surface area contributed by atoms with Crippen LogP contribution in [0.2, 0.25) is 0 Å². The van der Waals surface area contributed by atoms with Gasteiger partial charge in [0.2, 0.25) is 0 Å². The first-order chi connectivity index (χ1) is 9.31. The highest BCUT2D eigenvalue weighted by atomic mass is 32.1. The van der Waals surface area contributed by atoms with Gasteiger partial charge in [-0.3, -0.25) is 0 Å². The molecule has 4 heteroatoms. The maximum atomic E-state index is 6.01. The number of rotatable bonds is 4. The van der Waals surface area contributed by atoms with Gasteiger partial charge >= 0.3 is 0 Å². The van der Waals surface area contributed by atoms with Crippen molar-refractivity contribution in [1.29, 1.82) is 0 Å². The third-order valence-corrected chi connectivity index (χ3v) is 3.96. The Balaban J connectivity index is 2.55. The molecule has 0 radical (unpaired) electrons. The van der Waals surface area contributed by atoms with E-state index in [0.29, 0.717) is 0 Å². The van der Waals surface area contributed by atoms with Crippen LogP contribution in [0.1, 0.15) is 47.1 Å². The maximum absolute atomic E-state index is 6.01. The monoisotopic (exact) mass is 292 g/mol. The lowest BCUT2D eigenvalue weighted by Crippen LogP contribution is -2.16. The molecule has 0 unspecified atom stereocenters. The number of benzene rings is 1. The number of anilines is 1. The molecule has 0 amide bonds. The van der Waals surface area contributed by atoms with Crippen molar-refractivity contribution in [1.82, 2.24) is 4.98 Å². The summed E-state index contributed by atoms with van der Waals surface area (Å²) in [5.41, 5.74) is 2.31. The molecule has 0 atom stereocenters. The fourth-order valence-electron chi connectivity index (χ4n) is 2.12. The third kappa shape index (κ3) is 3.23. The summed E-state index contributed by atoms with van der Waals surface area (Å²) < 4.78 is 7.18. The molecule has 0 aliphatic carbocycles. The number of nitrogens with zero attached hydrogens (tertiary/aromatic N) is 1. The maximum Gasteiger partial charge on any atom is 0.183 e. The standard InChI is InChI=1S/C16H24N2OS/c1-7-17-15-18-12-8-11(16(4,5)6)13(19-10(2)3)9-14(12)20-15/h8-10H,7H2,1-6H3,(H,17,18). The molecule has 1 N–H and O–H groups in total. The Hall–Kier alpha value is -1.29. The highest BCUT2D eigenvalue weighted by Gasteiger charge is 2.21. The lowest BCUT2D eigenvalue weighted by Gasteiger charge is -2.24. The molecule has 0 fully saturated rings. The zero-order valence-electron chi connectivity index (χ0n) is 13.2. The summed E-state index contributed by atoms with van der Waals surface area (Å²) in [7, 11) is 0. The Labute approximate surface area is 125 Å². The number of hydrogen-bond acceptors (Lipinski definition) is 4. The van der Waals surface area contributed by atoms with Crippen molar-refractivity contribution >= 4 is 26.7 Å². The number of thiazole rings is 1. The van der Waals surface area contributed by atoms with Crippen molar-refractivity contribution in [3.05, 3.63) is 17.7 Å². The van der Waals surface area contributed by atoms with Crippen molar-refractivity contribution in [3.63, 3.8) is 0 Å². The van der Waals surface area contributed by atoms with E-state index in [9.17, 15) is 0 Å². The highest BCUT2D eigenvalue weighted by Crippen LogP contribution is 2.38. The number of nitrogens with one attached hydrogen (secondary N) is 1. The second-order valence-electron chi connectivity index (χ2n) is 6.28. The van der Waals surface area contributed by atoms with Gasteiger partial charge in [-0.25, -0.2) is 4.98 Å². The lowest BCUT2D eigenvalue weighted by atomic mass is 9.86. The quantitative estimate of drug-likeness (QED) is 0.878. The van der Waals surface area contributed by atoms with E-state index in [0.717, 1.165) is 22.9 Å². The van der Waals surface area contributed by atoms with E-state index in [1.165, 1.54) is 10.3 Å². The van der Waals surface area contributed by atoms with E-state index in [-0.39, 0.29) is 11.5 Å². The van der Waals surface area contributed by atoms with Gasteiger partial charge < -0.3 is 10.1 Å². The third-order valence-electron chi connectivity index (χ3n) is 2.99. The molecule has 0 aliphatic heterocycles. The zero-order valence-corrected chi connectivity index (χ0v) is 14.0. The summed E-state index contributed by atoms with van der Waals surface area (Å²) in [5.74, 6) is 0.978. The molecular weight excluding hydrogens is 268 g/mol. The van der Waals surface area contributed by atoms with Gasteiger partial charge in [-0.15, -0.1) is 0 Å². The van der Waals surface area contributed by atoms with E-state index in [1.54, 1.807) is 11.3 Å². The fraction of sp³-hybridized carbons (Fsp3) is 0.562. The number of fused-ring (bicyclic) bond motifs is 1. The Bertz CT molecular complexity index is 596. The van der Waals surface area contributed by atoms with Crippen molar-refractivity contribution in [2.24, 2.45) is 0 Å². The highest BCUT2D eigenvalue weighted by molar-refractivity contribution is 7.22. The molecule has 1 aromatic carbocycles. The van der Waals surface area contributed by atoms with Gasteiger partial charge in [-0.2, -0.15) is 0 Å². The topological polar surface area (TPSA) is 34.2 Å². The predicted octanol–water partition coefficient (Wildman–Crippen LogP) is 4.81. The first-order valence-electron chi connectivity index (χ1n) is 7.17. The van der Waals surface area contributed by atoms with Crippen LogP contribution in [0.5, 0.6) is 5.75 Å². The fourth-order valence-corrected chi connectivity index (χ4v) is 3.06. The van der Waals surface area contributed by atoms with Gasteiger partial charge in [0.25, 0.3) is 0 Å². The van der Waals surface area contributed by atoms with Gasteiger partial charge in [-0.05, 0) is 38.3 Å². The molecule has 0 aliphatic rings. The molecule has 110 valence electrons. The van der Waals surface area contributed by atoms with Crippen LogP contribution in [0.15, 0.2) is 12.1 Å². The van der Waals surface area contributed by atoms with Crippen LogP contribution in [0.4, 0.5) is 5.13 Å². The summed E-state index contributed by atoms with van der Waals surface area (Å²) in [4.78, 5) is 4.65. The first-order valence-corrected chi connectivity index (χ1v) is 7.98. The molecule has 3 nitrogen and oxygen atoms in total. The van der Waals surface area contributed by atoms with E-state index >= 15 is 0 Å². The molecule has 0 saturated heterocycles. The summed E-state index contributed by atoms with van der Waals surface area (Å²) in [6.07, 6.45) is 0.176. The minimum Gasteiger partial charge on any atom is -0.491 e. The lowest BCUT2D eigenvalue weighted by molar-refractivity contribution is 0.237. The van der Waals surface area contributed by atoms with Crippen molar-refractivity contribution in [2.75, 3.05) is 11.9 Å².